The number of rotatable bonds is 12. The summed E-state index contributed by atoms with van der Waals surface area (Å²) in [7, 11) is 0. The third kappa shape index (κ3) is 8.84. The Kier molecular flexibility index (Phi) is 10.9. The van der Waals surface area contributed by atoms with E-state index in [1.807, 2.05) is 42.5 Å². The lowest BCUT2D eigenvalue weighted by Gasteiger charge is -2.30. The third-order valence-corrected chi connectivity index (χ3v) is 8.21. The van der Waals surface area contributed by atoms with Crippen molar-refractivity contribution in [3.8, 4) is 0 Å². The zero-order chi connectivity index (χ0) is 29.4. The number of hydrogen-bond acceptors (Lipinski definition) is 6. The van der Waals surface area contributed by atoms with Gasteiger partial charge in [0.05, 0.1) is 18.1 Å². The van der Waals surface area contributed by atoms with Crippen LogP contribution in [0.2, 0.25) is 0 Å². The highest BCUT2D eigenvalue weighted by Gasteiger charge is 2.34. The Morgan fingerprint density at radius 3 is 2.17 bits per heavy atom. The molecular weight excluding hydrogens is 548 g/mol. The largest absolute Gasteiger partial charge is 0.390 e. The van der Waals surface area contributed by atoms with E-state index in [9.17, 15) is 28.6 Å². The van der Waals surface area contributed by atoms with Gasteiger partial charge < -0.3 is 20.8 Å². The van der Waals surface area contributed by atoms with Crippen molar-refractivity contribution in [3.63, 3.8) is 0 Å². The topological polar surface area (TPSA) is 102 Å². The fourth-order valence-electron chi connectivity index (χ4n) is 4.72. The number of carbonyl (C=O) groups is 2. The molecule has 7 nitrogen and oxygen atoms in total. The number of carbonyl (C=O) groups excluding carboxylic acids is 2. The maximum absolute atomic E-state index is 13.9. The standard InChI is InChI=1S/C31H35F2N3O4S/c1-20(30(39)34-19-21-7-3-2-4-8-21)28(37)29(38)27(17-22-15-24(32)18-25(33)16-22)35-31(40)23-9-11-26(12-10-23)41-36-13-5-6-14-36/h2-4,7-12,15-16,18,20,27-29,37-38H,5-6,13-14,17,19H2,1H3,(H,34,39)(H,35,40)/t20-,27+,28-,29-/m1/s1. The number of aliphatic hydroxyl groups is 2. The van der Waals surface area contributed by atoms with E-state index in [4.69, 9.17) is 0 Å². The molecule has 1 aliphatic rings. The van der Waals surface area contributed by atoms with Crippen molar-refractivity contribution in [3.05, 3.63) is 101 Å². The van der Waals surface area contributed by atoms with Crippen molar-refractivity contribution in [2.75, 3.05) is 13.1 Å². The maximum Gasteiger partial charge on any atom is 0.251 e. The van der Waals surface area contributed by atoms with Gasteiger partial charge in [0.2, 0.25) is 5.91 Å². The van der Waals surface area contributed by atoms with E-state index in [1.165, 1.54) is 6.92 Å². The van der Waals surface area contributed by atoms with Crippen molar-refractivity contribution < 1.29 is 28.6 Å². The van der Waals surface area contributed by atoms with Crippen molar-refractivity contribution in [1.82, 2.24) is 14.9 Å². The minimum absolute atomic E-state index is 0.178. The number of halogens is 2. The molecule has 0 bridgehead atoms. The highest BCUT2D eigenvalue weighted by atomic mass is 32.2. The summed E-state index contributed by atoms with van der Waals surface area (Å²) in [5, 5.41) is 27.5. The van der Waals surface area contributed by atoms with Crippen LogP contribution in [0.3, 0.4) is 0 Å². The summed E-state index contributed by atoms with van der Waals surface area (Å²) in [6, 6.07) is 18.0. The van der Waals surface area contributed by atoms with Gasteiger partial charge in [-0.15, -0.1) is 0 Å². The molecule has 3 aromatic rings. The summed E-state index contributed by atoms with van der Waals surface area (Å²) in [6.45, 7) is 3.73. The first-order chi connectivity index (χ1) is 19.7. The monoisotopic (exact) mass is 583 g/mol. The molecule has 0 unspecified atom stereocenters. The average Bonchev–Trinajstić information content (AvgIpc) is 3.48. The fourth-order valence-corrected chi connectivity index (χ4v) is 5.72. The van der Waals surface area contributed by atoms with Gasteiger partial charge in [-0.25, -0.2) is 13.1 Å². The van der Waals surface area contributed by atoms with Crippen molar-refractivity contribution in [1.29, 1.82) is 0 Å². The lowest BCUT2D eigenvalue weighted by molar-refractivity contribution is -0.131. The zero-order valence-corrected chi connectivity index (χ0v) is 23.6. The zero-order valence-electron chi connectivity index (χ0n) is 22.8. The van der Waals surface area contributed by atoms with Gasteiger partial charge >= 0.3 is 0 Å². The predicted octanol–water partition coefficient (Wildman–Crippen LogP) is 4.08. The molecule has 4 N–H and O–H groups in total. The van der Waals surface area contributed by atoms with Gasteiger partial charge in [0, 0.05) is 36.2 Å². The summed E-state index contributed by atoms with van der Waals surface area (Å²) in [5.41, 5.74) is 1.37. The molecule has 0 saturated carbocycles. The number of hydrogen-bond donors (Lipinski definition) is 4. The number of aliphatic hydroxyl groups excluding tert-OH is 2. The van der Waals surface area contributed by atoms with Crippen LogP contribution in [0.4, 0.5) is 8.78 Å². The second-order valence-electron chi connectivity index (χ2n) is 10.3. The summed E-state index contributed by atoms with van der Waals surface area (Å²) < 4.78 is 30.1. The van der Waals surface area contributed by atoms with Gasteiger partial charge in [0.1, 0.15) is 17.7 Å². The Hall–Kier alpha value is -3.31. The van der Waals surface area contributed by atoms with Gasteiger partial charge in [0.15, 0.2) is 0 Å². The molecule has 0 spiro atoms. The van der Waals surface area contributed by atoms with Crippen molar-refractivity contribution in [2.24, 2.45) is 5.92 Å². The molecular formula is C31H35F2N3O4S. The normalized spacial score (nSPS) is 16.5. The Bertz CT molecular complexity index is 1290. The van der Waals surface area contributed by atoms with Gasteiger partial charge in [-0.1, -0.05) is 37.3 Å². The highest BCUT2D eigenvalue weighted by Crippen LogP contribution is 2.27. The van der Waals surface area contributed by atoms with Crippen LogP contribution >= 0.6 is 11.9 Å². The molecule has 0 aromatic heterocycles. The molecule has 1 aliphatic heterocycles. The van der Waals surface area contributed by atoms with Crippen LogP contribution in [0, 0.1) is 17.6 Å². The third-order valence-electron chi connectivity index (χ3n) is 7.11. The van der Waals surface area contributed by atoms with E-state index in [1.54, 1.807) is 24.1 Å². The molecule has 41 heavy (non-hydrogen) atoms. The molecule has 2 amide bonds. The second kappa shape index (κ2) is 14.5. The Labute approximate surface area is 243 Å². The maximum atomic E-state index is 13.9. The van der Waals surface area contributed by atoms with Crippen LogP contribution < -0.4 is 10.6 Å². The molecule has 4 atom stereocenters. The number of nitrogens with zero attached hydrogens (tertiary/aromatic N) is 1. The van der Waals surface area contributed by atoms with E-state index in [0.717, 1.165) is 54.6 Å². The molecule has 0 radical (unpaired) electrons. The van der Waals surface area contributed by atoms with E-state index >= 15 is 0 Å². The minimum Gasteiger partial charge on any atom is -0.390 e. The first-order valence-corrected chi connectivity index (χ1v) is 14.4. The Morgan fingerprint density at radius 1 is 0.902 bits per heavy atom. The Morgan fingerprint density at radius 2 is 1.54 bits per heavy atom. The first kappa shape index (κ1) is 30.6. The highest BCUT2D eigenvalue weighted by molar-refractivity contribution is 7.97. The summed E-state index contributed by atoms with van der Waals surface area (Å²) in [5.74, 6) is -3.68. The minimum atomic E-state index is -1.62. The summed E-state index contributed by atoms with van der Waals surface area (Å²) in [4.78, 5) is 26.9. The van der Waals surface area contributed by atoms with Crippen LogP contribution in [0.1, 0.15) is 41.3 Å². The number of amides is 2. The molecule has 10 heteroatoms. The molecule has 4 rings (SSSR count). The molecule has 1 fully saturated rings. The van der Waals surface area contributed by atoms with Crippen molar-refractivity contribution in [2.45, 2.75) is 55.9 Å². The lowest BCUT2D eigenvalue weighted by Crippen LogP contribution is -2.53. The van der Waals surface area contributed by atoms with Crippen LogP contribution in [0.15, 0.2) is 77.7 Å². The predicted molar refractivity (Wildman–Crippen MR) is 154 cm³/mol. The van der Waals surface area contributed by atoms with Crippen LogP contribution in [0.5, 0.6) is 0 Å². The summed E-state index contributed by atoms with van der Waals surface area (Å²) >= 11 is 1.63. The quantitative estimate of drug-likeness (QED) is 0.240. The average molecular weight is 584 g/mol. The van der Waals surface area contributed by atoms with Crippen molar-refractivity contribution >= 4 is 23.8 Å². The van der Waals surface area contributed by atoms with Crippen LogP contribution in [0.25, 0.3) is 0 Å². The van der Waals surface area contributed by atoms with Crippen LogP contribution in [-0.2, 0) is 17.8 Å². The molecule has 3 aromatic carbocycles. The van der Waals surface area contributed by atoms with E-state index in [2.05, 4.69) is 14.9 Å². The van der Waals surface area contributed by atoms with E-state index in [0.29, 0.717) is 5.56 Å². The first-order valence-electron chi connectivity index (χ1n) is 13.7. The van der Waals surface area contributed by atoms with E-state index in [-0.39, 0.29) is 18.5 Å². The number of benzene rings is 3. The van der Waals surface area contributed by atoms with Gasteiger partial charge in [-0.3, -0.25) is 9.59 Å². The molecule has 1 heterocycles. The summed E-state index contributed by atoms with van der Waals surface area (Å²) in [6.07, 6.45) is -1.06. The van der Waals surface area contributed by atoms with Crippen LogP contribution in [-0.4, -0.2) is 57.7 Å². The Balaban J connectivity index is 1.45. The SMILES string of the molecule is C[C@@H](C(=O)NCc1ccccc1)[C@@H](O)[C@H](O)[C@H](Cc1cc(F)cc(F)c1)NC(=O)c1ccc(SN2CCCC2)cc1. The molecule has 0 aliphatic carbocycles. The van der Waals surface area contributed by atoms with E-state index < -0.39 is 47.6 Å². The molecule has 218 valence electrons. The van der Waals surface area contributed by atoms with Gasteiger partial charge in [0.25, 0.3) is 5.91 Å². The number of nitrogens with one attached hydrogen (secondary N) is 2. The smallest absolute Gasteiger partial charge is 0.251 e. The lowest BCUT2D eigenvalue weighted by atomic mass is 9.90. The van der Waals surface area contributed by atoms with Gasteiger partial charge in [-0.2, -0.15) is 0 Å². The van der Waals surface area contributed by atoms with Gasteiger partial charge in [-0.05, 0) is 78.7 Å². The second-order valence-corrected chi connectivity index (χ2v) is 11.5. The fraction of sp³-hybridized carbons (Fsp3) is 0.355. The molecule has 1 saturated heterocycles.